The first-order chi connectivity index (χ1) is 12.0. The van der Waals surface area contributed by atoms with E-state index in [9.17, 15) is 9.50 Å². The number of aliphatic hydroxyl groups is 2. The fourth-order valence-electron chi connectivity index (χ4n) is 2.04. The number of aliphatic hydroxyl groups excluding tert-OH is 2. The summed E-state index contributed by atoms with van der Waals surface area (Å²) in [6.45, 7) is -1.23. The summed E-state index contributed by atoms with van der Waals surface area (Å²) in [6, 6.07) is 11.6. The lowest BCUT2D eigenvalue weighted by atomic mass is 10.1. The van der Waals surface area contributed by atoms with Crippen molar-refractivity contribution in [1.29, 1.82) is 0 Å². The monoisotopic (exact) mass is 346 g/mol. The van der Waals surface area contributed by atoms with Crippen molar-refractivity contribution in [3.63, 3.8) is 0 Å². The van der Waals surface area contributed by atoms with Crippen molar-refractivity contribution in [3.05, 3.63) is 53.7 Å². The van der Waals surface area contributed by atoms with Gasteiger partial charge in [0.1, 0.15) is 25.5 Å². The van der Waals surface area contributed by atoms with Crippen LogP contribution < -0.4 is 9.64 Å². The minimum absolute atomic E-state index is 0.217. The molecule has 25 heavy (non-hydrogen) atoms. The van der Waals surface area contributed by atoms with E-state index in [2.05, 4.69) is 4.98 Å². The van der Waals surface area contributed by atoms with Gasteiger partial charge in [0.15, 0.2) is 0 Å². The van der Waals surface area contributed by atoms with Crippen LogP contribution in [0.15, 0.2) is 42.6 Å². The summed E-state index contributed by atoms with van der Waals surface area (Å²) in [4.78, 5) is 6.16. The highest BCUT2D eigenvalue weighted by molar-refractivity contribution is 5.70. The van der Waals surface area contributed by atoms with Gasteiger partial charge in [0.05, 0.1) is 0 Å². The zero-order valence-electron chi connectivity index (χ0n) is 14.3. The topological polar surface area (TPSA) is 65.8 Å². The maximum Gasteiger partial charge on any atom is 0.213 e. The quantitative estimate of drug-likeness (QED) is 0.768. The van der Waals surface area contributed by atoms with Crippen molar-refractivity contribution < 1.29 is 19.3 Å². The first-order valence-electron chi connectivity index (χ1n) is 7.96. The van der Waals surface area contributed by atoms with E-state index in [0.717, 1.165) is 16.8 Å². The molecule has 1 heterocycles. The van der Waals surface area contributed by atoms with Gasteiger partial charge in [-0.15, -0.1) is 0 Å². The zero-order chi connectivity index (χ0) is 18.2. The summed E-state index contributed by atoms with van der Waals surface area (Å²) in [6.07, 6.45) is 2.83. The number of benzene rings is 1. The Kier molecular flexibility index (Phi) is 6.91. The number of rotatable bonds is 8. The number of pyridine rings is 1. The average Bonchev–Trinajstić information content (AvgIpc) is 2.64. The van der Waals surface area contributed by atoms with Crippen LogP contribution in [0.25, 0.3) is 12.2 Å². The van der Waals surface area contributed by atoms with Gasteiger partial charge in [-0.1, -0.05) is 24.3 Å². The molecule has 0 fully saturated rings. The van der Waals surface area contributed by atoms with E-state index in [4.69, 9.17) is 9.84 Å². The van der Waals surface area contributed by atoms with Crippen molar-refractivity contribution in [2.45, 2.75) is 12.2 Å². The van der Waals surface area contributed by atoms with E-state index in [1.165, 1.54) is 0 Å². The fourth-order valence-corrected chi connectivity index (χ4v) is 2.04. The Morgan fingerprint density at radius 1 is 1.04 bits per heavy atom. The first-order valence-corrected chi connectivity index (χ1v) is 7.96. The Hall–Kier alpha value is -2.44. The standard InChI is InChI=1S/C19H23FN2O3/c1-22(2)16-8-5-14(6-9-16)3-4-15-7-10-19(21-12-15)25-13-18(24)17(23)11-20/h3-10,12,17-18,23-24H,11,13H2,1-2H3/b4-3+. The van der Waals surface area contributed by atoms with Crippen molar-refractivity contribution >= 4 is 17.8 Å². The molecule has 0 aliphatic carbocycles. The Morgan fingerprint density at radius 2 is 1.68 bits per heavy atom. The number of anilines is 1. The molecular weight excluding hydrogens is 323 g/mol. The summed E-state index contributed by atoms with van der Waals surface area (Å²) < 4.78 is 17.4. The SMILES string of the molecule is CN(C)c1ccc(/C=C/c2ccc(OCC(O)C(O)CF)nc2)cc1. The van der Waals surface area contributed by atoms with Gasteiger partial charge in [-0.05, 0) is 29.3 Å². The molecule has 2 aromatic rings. The van der Waals surface area contributed by atoms with Gasteiger partial charge in [-0.25, -0.2) is 9.37 Å². The van der Waals surface area contributed by atoms with Gasteiger partial charge in [0.2, 0.25) is 5.88 Å². The Bertz CT molecular complexity index is 672. The number of halogens is 1. The molecule has 1 aromatic heterocycles. The summed E-state index contributed by atoms with van der Waals surface area (Å²) in [5, 5.41) is 18.6. The second kappa shape index (κ2) is 9.15. The molecule has 2 rings (SSSR count). The molecule has 0 aliphatic heterocycles. The Labute approximate surface area is 147 Å². The molecule has 2 N–H and O–H groups in total. The highest BCUT2D eigenvalue weighted by Crippen LogP contribution is 2.15. The average molecular weight is 346 g/mol. The lowest BCUT2D eigenvalue weighted by Crippen LogP contribution is -2.33. The Balaban J connectivity index is 1.91. The molecule has 134 valence electrons. The number of alkyl halides is 1. The normalized spacial score (nSPS) is 13.6. The molecule has 0 saturated carbocycles. The third kappa shape index (κ3) is 5.85. The van der Waals surface area contributed by atoms with Gasteiger partial charge in [-0.3, -0.25) is 0 Å². The largest absolute Gasteiger partial charge is 0.475 e. The Morgan fingerprint density at radius 3 is 2.24 bits per heavy atom. The van der Waals surface area contributed by atoms with Gasteiger partial charge in [0, 0.05) is 32.0 Å². The van der Waals surface area contributed by atoms with Gasteiger partial charge >= 0.3 is 0 Å². The van der Waals surface area contributed by atoms with Crippen molar-refractivity contribution in [2.75, 3.05) is 32.3 Å². The molecule has 0 amide bonds. The van der Waals surface area contributed by atoms with Crippen LogP contribution >= 0.6 is 0 Å². The van der Waals surface area contributed by atoms with Crippen LogP contribution in [0.3, 0.4) is 0 Å². The first kappa shape index (κ1) is 18.9. The summed E-state index contributed by atoms with van der Waals surface area (Å²) >= 11 is 0. The van der Waals surface area contributed by atoms with E-state index < -0.39 is 18.9 Å². The fraction of sp³-hybridized carbons (Fsp3) is 0.316. The number of nitrogens with zero attached hydrogens (tertiary/aromatic N) is 2. The van der Waals surface area contributed by atoms with Gasteiger partial charge in [0.25, 0.3) is 0 Å². The highest BCUT2D eigenvalue weighted by atomic mass is 19.1. The lowest BCUT2D eigenvalue weighted by Gasteiger charge is -2.14. The molecule has 2 unspecified atom stereocenters. The molecule has 0 bridgehead atoms. The van der Waals surface area contributed by atoms with Crippen molar-refractivity contribution in [3.8, 4) is 5.88 Å². The van der Waals surface area contributed by atoms with Crippen LogP contribution in [-0.2, 0) is 0 Å². The van der Waals surface area contributed by atoms with E-state index in [-0.39, 0.29) is 6.61 Å². The van der Waals surface area contributed by atoms with Crippen LogP contribution in [0.2, 0.25) is 0 Å². The van der Waals surface area contributed by atoms with Gasteiger partial charge < -0.3 is 19.8 Å². The van der Waals surface area contributed by atoms with E-state index in [1.807, 2.05) is 61.5 Å². The second-order valence-electron chi connectivity index (χ2n) is 5.85. The summed E-state index contributed by atoms with van der Waals surface area (Å²) in [5.41, 5.74) is 3.11. The third-order valence-electron chi connectivity index (χ3n) is 3.64. The van der Waals surface area contributed by atoms with Crippen LogP contribution in [0, 0.1) is 0 Å². The predicted octanol–water partition coefficient (Wildman–Crippen LogP) is 2.39. The maximum absolute atomic E-state index is 12.2. The number of hydrogen-bond donors (Lipinski definition) is 2. The van der Waals surface area contributed by atoms with Crippen LogP contribution in [-0.4, -0.2) is 54.8 Å². The van der Waals surface area contributed by atoms with E-state index in [0.29, 0.717) is 5.88 Å². The van der Waals surface area contributed by atoms with E-state index in [1.54, 1.807) is 12.3 Å². The molecular formula is C19H23FN2O3. The lowest BCUT2D eigenvalue weighted by molar-refractivity contribution is -0.0194. The van der Waals surface area contributed by atoms with Crippen molar-refractivity contribution in [2.24, 2.45) is 0 Å². The molecule has 1 aromatic carbocycles. The van der Waals surface area contributed by atoms with Crippen LogP contribution in [0.1, 0.15) is 11.1 Å². The molecule has 2 atom stereocenters. The third-order valence-corrected chi connectivity index (χ3v) is 3.64. The molecule has 0 saturated heterocycles. The van der Waals surface area contributed by atoms with Crippen LogP contribution in [0.5, 0.6) is 5.88 Å². The number of aromatic nitrogens is 1. The number of hydrogen-bond acceptors (Lipinski definition) is 5. The maximum atomic E-state index is 12.2. The van der Waals surface area contributed by atoms with Crippen molar-refractivity contribution in [1.82, 2.24) is 4.98 Å². The molecule has 0 aliphatic rings. The zero-order valence-corrected chi connectivity index (χ0v) is 14.3. The summed E-state index contributed by atoms with van der Waals surface area (Å²) in [5.74, 6) is 0.303. The van der Waals surface area contributed by atoms with E-state index >= 15 is 0 Å². The molecule has 6 heteroatoms. The van der Waals surface area contributed by atoms with Crippen LogP contribution in [0.4, 0.5) is 10.1 Å². The summed E-state index contributed by atoms with van der Waals surface area (Å²) in [7, 11) is 3.99. The minimum Gasteiger partial charge on any atom is -0.475 e. The molecule has 0 radical (unpaired) electrons. The number of ether oxygens (including phenoxy) is 1. The van der Waals surface area contributed by atoms with Gasteiger partial charge in [-0.2, -0.15) is 0 Å². The predicted molar refractivity (Wildman–Crippen MR) is 97.4 cm³/mol. The smallest absolute Gasteiger partial charge is 0.213 e. The minimum atomic E-state index is -1.44. The highest BCUT2D eigenvalue weighted by Gasteiger charge is 2.16. The molecule has 5 nitrogen and oxygen atoms in total. The molecule has 0 spiro atoms. The second-order valence-corrected chi connectivity index (χ2v) is 5.85.